The third-order valence-electron chi connectivity index (χ3n) is 3.13. The van der Waals surface area contributed by atoms with Crippen molar-refractivity contribution in [2.45, 2.75) is 46.6 Å². The number of nitrogens with one attached hydrogen (secondary N) is 1. The summed E-state index contributed by atoms with van der Waals surface area (Å²) in [7, 11) is 0. The summed E-state index contributed by atoms with van der Waals surface area (Å²) in [4.78, 5) is 25.6. The monoisotopic (exact) mass is 270 g/mol. The van der Waals surface area contributed by atoms with Crippen LogP contribution in [0.3, 0.4) is 0 Å². The highest BCUT2D eigenvalue weighted by atomic mass is 16.5. The van der Waals surface area contributed by atoms with Crippen LogP contribution < -0.4 is 5.32 Å². The normalized spacial score (nSPS) is 20.6. The minimum Gasteiger partial charge on any atom is -0.381 e. The highest BCUT2D eigenvalue weighted by Gasteiger charge is 2.39. The van der Waals surface area contributed by atoms with Gasteiger partial charge >= 0.3 is 0 Å². The van der Waals surface area contributed by atoms with Crippen LogP contribution in [0, 0.1) is 5.41 Å². The van der Waals surface area contributed by atoms with E-state index in [0.29, 0.717) is 13.2 Å². The number of hydrogen-bond acceptors (Lipinski definition) is 3. The fourth-order valence-corrected chi connectivity index (χ4v) is 2.08. The minimum absolute atomic E-state index is 0.0163. The Morgan fingerprint density at radius 2 is 2.00 bits per heavy atom. The van der Waals surface area contributed by atoms with Crippen LogP contribution in [0.2, 0.25) is 0 Å². The topological polar surface area (TPSA) is 58.6 Å². The minimum atomic E-state index is -0.426. The highest BCUT2D eigenvalue weighted by molar-refractivity contribution is 5.95. The quantitative estimate of drug-likeness (QED) is 0.737. The molecule has 0 aliphatic carbocycles. The number of nitrogens with zero attached hydrogens (tertiary/aromatic N) is 1. The van der Waals surface area contributed by atoms with Crippen molar-refractivity contribution in [3.63, 3.8) is 0 Å². The lowest BCUT2D eigenvalue weighted by atomic mass is 9.85. The summed E-state index contributed by atoms with van der Waals surface area (Å²) >= 11 is 0. The second-order valence-corrected chi connectivity index (χ2v) is 6.09. The Morgan fingerprint density at radius 3 is 2.58 bits per heavy atom. The van der Waals surface area contributed by atoms with Crippen molar-refractivity contribution >= 4 is 11.8 Å². The second kappa shape index (κ2) is 6.89. The maximum atomic E-state index is 12.3. The van der Waals surface area contributed by atoms with Gasteiger partial charge in [-0.3, -0.25) is 9.59 Å². The molecule has 1 aliphatic heterocycles. The first-order chi connectivity index (χ1) is 8.86. The van der Waals surface area contributed by atoms with Crippen LogP contribution in [-0.4, -0.2) is 49.1 Å². The van der Waals surface area contributed by atoms with Gasteiger partial charge in [0.25, 0.3) is 0 Å². The van der Waals surface area contributed by atoms with Gasteiger partial charge in [0, 0.05) is 19.8 Å². The van der Waals surface area contributed by atoms with Gasteiger partial charge in [0.1, 0.15) is 6.04 Å². The van der Waals surface area contributed by atoms with Gasteiger partial charge in [-0.05, 0) is 18.3 Å². The zero-order valence-electron chi connectivity index (χ0n) is 12.5. The predicted octanol–water partition coefficient (Wildman–Crippen LogP) is 1.18. The molecule has 1 rings (SSSR count). The number of carbonyl (C=O) groups excluding carboxylic acids is 2. The Balaban J connectivity index is 2.48. The summed E-state index contributed by atoms with van der Waals surface area (Å²) < 4.78 is 5.39. The SMILES string of the molecule is CCCOCCCN1CC(=O)NC(C(C)(C)C)C1=O. The molecule has 110 valence electrons. The molecule has 0 aromatic carbocycles. The number of ether oxygens (including phenoxy) is 1. The van der Waals surface area contributed by atoms with Gasteiger partial charge in [-0.15, -0.1) is 0 Å². The molecule has 19 heavy (non-hydrogen) atoms. The van der Waals surface area contributed by atoms with Crippen LogP contribution >= 0.6 is 0 Å². The third-order valence-corrected chi connectivity index (χ3v) is 3.13. The van der Waals surface area contributed by atoms with Crippen molar-refractivity contribution in [2.24, 2.45) is 5.41 Å². The summed E-state index contributed by atoms with van der Waals surface area (Å²) in [6, 6.07) is -0.426. The number of hydrogen-bond donors (Lipinski definition) is 1. The largest absolute Gasteiger partial charge is 0.381 e. The molecule has 2 amide bonds. The fourth-order valence-electron chi connectivity index (χ4n) is 2.08. The zero-order chi connectivity index (χ0) is 14.5. The van der Waals surface area contributed by atoms with Gasteiger partial charge in [-0.1, -0.05) is 27.7 Å². The van der Waals surface area contributed by atoms with Crippen molar-refractivity contribution in [2.75, 3.05) is 26.3 Å². The van der Waals surface area contributed by atoms with Gasteiger partial charge in [0.15, 0.2) is 0 Å². The van der Waals surface area contributed by atoms with Crippen molar-refractivity contribution in [1.29, 1.82) is 0 Å². The Hall–Kier alpha value is -1.10. The average molecular weight is 270 g/mol. The van der Waals surface area contributed by atoms with Gasteiger partial charge in [-0.25, -0.2) is 0 Å². The molecule has 1 heterocycles. The summed E-state index contributed by atoms with van der Waals surface area (Å²) in [5.41, 5.74) is -0.260. The van der Waals surface area contributed by atoms with Crippen LogP contribution in [0.15, 0.2) is 0 Å². The van der Waals surface area contributed by atoms with Gasteiger partial charge in [-0.2, -0.15) is 0 Å². The number of piperazine rings is 1. The van der Waals surface area contributed by atoms with Crippen molar-refractivity contribution in [3.05, 3.63) is 0 Å². The average Bonchev–Trinajstić information content (AvgIpc) is 2.31. The van der Waals surface area contributed by atoms with E-state index in [2.05, 4.69) is 12.2 Å². The maximum absolute atomic E-state index is 12.3. The Bertz CT molecular complexity index is 323. The lowest BCUT2D eigenvalue weighted by Gasteiger charge is -2.38. The van der Waals surface area contributed by atoms with Crippen molar-refractivity contribution in [3.8, 4) is 0 Å². The first-order valence-corrected chi connectivity index (χ1v) is 7.02. The van der Waals surface area contributed by atoms with E-state index in [9.17, 15) is 9.59 Å². The highest BCUT2D eigenvalue weighted by Crippen LogP contribution is 2.23. The molecule has 0 bridgehead atoms. The van der Waals surface area contributed by atoms with E-state index < -0.39 is 6.04 Å². The van der Waals surface area contributed by atoms with Crippen LogP contribution in [0.25, 0.3) is 0 Å². The molecule has 5 nitrogen and oxygen atoms in total. The van der Waals surface area contributed by atoms with Crippen LogP contribution in [0.1, 0.15) is 40.5 Å². The molecular weight excluding hydrogens is 244 g/mol. The van der Waals surface area contributed by atoms with Gasteiger partial charge in [0.2, 0.25) is 11.8 Å². The summed E-state index contributed by atoms with van der Waals surface area (Å²) in [6.45, 7) is 10.1. The van der Waals surface area contributed by atoms with Gasteiger partial charge < -0.3 is 15.0 Å². The first kappa shape index (κ1) is 16.0. The molecule has 1 N–H and O–H groups in total. The molecule has 0 aromatic rings. The molecule has 0 saturated carbocycles. The van der Waals surface area contributed by atoms with Gasteiger partial charge in [0.05, 0.1) is 6.54 Å². The van der Waals surface area contributed by atoms with E-state index in [4.69, 9.17) is 4.74 Å². The zero-order valence-corrected chi connectivity index (χ0v) is 12.5. The van der Waals surface area contributed by atoms with Crippen LogP contribution in [-0.2, 0) is 14.3 Å². The van der Waals surface area contributed by atoms with E-state index in [-0.39, 0.29) is 23.8 Å². The van der Waals surface area contributed by atoms with Crippen LogP contribution in [0.4, 0.5) is 0 Å². The Morgan fingerprint density at radius 1 is 1.32 bits per heavy atom. The van der Waals surface area contributed by atoms with E-state index in [0.717, 1.165) is 19.4 Å². The molecule has 0 aromatic heterocycles. The molecule has 0 spiro atoms. The molecular formula is C14H26N2O3. The fraction of sp³-hybridized carbons (Fsp3) is 0.857. The van der Waals surface area contributed by atoms with E-state index >= 15 is 0 Å². The Kier molecular flexibility index (Phi) is 5.79. The predicted molar refractivity (Wildman–Crippen MR) is 73.7 cm³/mol. The second-order valence-electron chi connectivity index (χ2n) is 6.09. The first-order valence-electron chi connectivity index (χ1n) is 7.02. The summed E-state index contributed by atoms with van der Waals surface area (Å²) in [5.74, 6) is -0.0587. The van der Waals surface area contributed by atoms with E-state index in [1.807, 2.05) is 20.8 Å². The molecule has 1 fully saturated rings. The molecule has 1 unspecified atom stereocenters. The van der Waals surface area contributed by atoms with Crippen molar-refractivity contribution in [1.82, 2.24) is 10.2 Å². The van der Waals surface area contributed by atoms with E-state index in [1.165, 1.54) is 0 Å². The number of rotatable bonds is 6. The molecule has 5 heteroatoms. The standard InChI is InChI=1S/C14H26N2O3/c1-5-8-19-9-6-7-16-10-11(17)15-12(13(16)18)14(2,3)4/h12H,5-10H2,1-4H3,(H,15,17). The number of carbonyl (C=O) groups is 2. The third kappa shape index (κ3) is 4.82. The number of amides is 2. The van der Waals surface area contributed by atoms with Crippen LogP contribution in [0.5, 0.6) is 0 Å². The lowest BCUT2D eigenvalue weighted by molar-refractivity contribution is -0.147. The molecule has 1 aliphatic rings. The smallest absolute Gasteiger partial charge is 0.246 e. The molecule has 1 atom stereocenters. The Labute approximate surface area is 115 Å². The molecule has 0 radical (unpaired) electrons. The lowest BCUT2D eigenvalue weighted by Crippen LogP contribution is -2.62. The van der Waals surface area contributed by atoms with Crippen molar-refractivity contribution < 1.29 is 14.3 Å². The molecule has 1 saturated heterocycles. The van der Waals surface area contributed by atoms with E-state index in [1.54, 1.807) is 4.90 Å². The summed E-state index contributed by atoms with van der Waals surface area (Å²) in [6.07, 6.45) is 1.77. The summed E-state index contributed by atoms with van der Waals surface area (Å²) in [5, 5.41) is 2.79. The maximum Gasteiger partial charge on any atom is 0.246 e.